The van der Waals surface area contributed by atoms with Crippen LogP contribution in [-0.2, 0) is 20.5 Å². The highest BCUT2D eigenvalue weighted by atomic mass is 35.5. The number of hydrogen-bond donors (Lipinski definition) is 0. The predicted octanol–water partition coefficient (Wildman–Crippen LogP) is 4.32. The lowest BCUT2D eigenvalue weighted by molar-refractivity contribution is -0.151. The third-order valence-corrected chi connectivity index (χ3v) is 4.28. The van der Waals surface area contributed by atoms with Crippen molar-refractivity contribution >= 4 is 46.5 Å². The van der Waals surface area contributed by atoms with Gasteiger partial charge in [-0.3, -0.25) is 4.79 Å². The van der Waals surface area contributed by atoms with Crippen LogP contribution >= 0.6 is 23.2 Å². The van der Waals surface area contributed by atoms with Crippen molar-refractivity contribution in [1.82, 2.24) is 0 Å². The molecule has 2 aromatic carbocycles. The fraction of sp³-hybridized carbons (Fsp3) is 0.105. The van der Waals surface area contributed by atoms with Gasteiger partial charge >= 0.3 is 18.1 Å². The third kappa shape index (κ3) is 5.31. The zero-order valence-electron chi connectivity index (χ0n) is 15.4. The summed E-state index contributed by atoms with van der Waals surface area (Å²) >= 11 is 11.8. The summed E-state index contributed by atoms with van der Waals surface area (Å²) in [5, 5.41) is 21.1. The number of rotatable bonds is 3. The van der Waals surface area contributed by atoms with Gasteiger partial charge in [-0.2, -0.15) is 33.8 Å². The van der Waals surface area contributed by atoms with Crippen LogP contribution in [0.1, 0.15) is 16.7 Å². The number of esters is 1. The van der Waals surface area contributed by atoms with Crippen molar-refractivity contribution in [1.29, 1.82) is 10.5 Å². The second kappa shape index (κ2) is 9.47. The summed E-state index contributed by atoms with van der Waals surface area (Å²) in [5.41, 5.74) is -1.77. The van der Waals surface area contributed by atoms with E-state index in [1.165, 1.54) is 24.3 Å². The van der Waals surface area contributed by atoms with Crippen molar-refractivity contribution in [2.45, 2.75) is 6.18 Å². The Morgan fingerprint density at radius 3 is 2.06 bits per heavy atom. The molecule has 31 heavy (non-hydrogen) atoms. The maximum atomic E-state index is 13.0. The number of ether oxygens (including phenoxy) is 1. The summed E-state index contributed by atoms with van der Waals surface area (Å²) in [4.78, 5) is 24.3. The molecule has 0 aliphatic rings. The molecule has 0 aliphatic heterocycles. The minimum Gasteiger partial charge on any atom is -0.462 e. The highest BCUT2D eigenvalue weighted by Gasteiger charge is 2.35. The molecule has 0 saturated carbocycles. The van der Waals surface area contributed by atoms with Gasteiger partial charge in [-0.25, -0.2) is 4.79 Å². The molecular weight excluding hydrogens is 460 g/mol. The lowest BCUT2D eigenvalue weighted by atomic mass is 10.1. The van der Waals surface area contributed by atoms with Crippen LogP contribution in [0.2, 0.25) is 10.0 Å². The minimum absolute atomic E-state index is 0.142. The number of nitrogens with zero attached hydrogens (tertiary/aromatic N) is 4. The maximum absolute atomic E-state index is 13.0. The first-order valence-electron chi connectivity index (χ1n) is 8.01. The Morgan fingerprint density at radius 2 is 1.65 bits per heavy atom. The summed E-state index contributed by atoms with van der Waals surface area (Å²) in [6, 6.07) is 9.98. The summed E-state index contributed by atoms with van der Waals surface area (Å²) in [7, 11) is 0.893. The molecule has 158 valence electrons. The van der Waals surface area contributed by atoms with Crippen molar-refractivity contribution in [3.05, 3.63) is 63.1 Å². The monoisotopic (exact) mass is 468 g/mol. The number of hydrogen-bond acceptors (Lipinski definition) is 6. The number of alkyl halides is 3. The van der Waals surface area contributed by atoms with E-state index >= 15 is 0 Å². The van der Waals surface area contributed by atoms with Crippen molar-refractivity contribution in [3.63, 3.8) is 0 Å². The molecule has 12 heteroatoms. The van der Waals surface area contributed by atoms with Gasteiger partial charge in [-0.1, -0.05) is 35.3 Å². The molecule has 0 saturated heterocycles. The van der Waals surface area contributed by atoms with E-state index in [0.717, 1.165) is 7.11 Å². The van der Waals surface area contributed by atoms with Gasteiger partial charge in [-0.15, -0.1) is 0 Å². The number of halogens is 5. The van der Waals surface area contributed by atoms with Crippen LogP contribution in [0.4, 0.5) is 18.9 Å². The van der Waals surface area contributed by atoms with E-state index in [1.54, 1.807) is 6.07 Å². The Hall–Kier alpha value is -3.60. The van der Waals surface area contributed by atoms with Crippen LogP contribution in [0.25, 0.3) is 0 Å². The number of hydrazone groups is 1. The van der Waals surface area contributed by atoms with Gasteiger partial charge in [0.15, 0.2) is 5.71 Å². The number of anilines is 1. The Kier molecular flexibility index (Phi) is 7.24. The molecule has 2 aromatic rings. The lowest BCUT2D eigenvalue weighted by Crippen LogP contribution is -2.35. The Bertz CT molecular complexity index is 1130. The molecule has 1 amide bonds. The Labute approximate surface area is 183 Å². The molecule has 0 bridgehead atoms. The third-order valence-electron chi connectivity index (χ3n) is 3.70. The molecule has 0 atom stereocenters. The molecule has 0 fully saturated rings. The van der Waals surface area contributed by atoms with Crippen LogP contribution in [-0.4, -0.2) is 24.7 Å². The topological polar surface area (TPSA) is 107 Å². The molecule has 7 nitrogen and oxygen atoms in total. The number of methoxy groups -OCH3 is 1. The molecule has 0 N–H and O–H groups in total. The fourth-order valence-electron chi connectivity index (χ4n) is 2.25. The molecular formula is C19H9Cl2F3N4O3. The molecule has 0 heterocycles. The van der Waals surface area contributed by atoms with Crippen LogP contribution in [0.5, 0.6) is 0 Å². The average molecular weight is 469 g/mol. The Balaban J connectivity index is 2.70. The van der Waals surface area contributed by atoms with E-state index in [0.29, 0.717) is 12.1 Å². The van der Waals surface area contributed by atoms with E-state index < -0.39 is 45.1 Å². The normalized spacial score (nSPS) is 11.3. The summed E-state index contributed by atoms with van der Waals surface area (Å²) < 4.78 is 43.4. The van der Waals surface area contributed by atoms with E-state index in [2.05, 4.69) is 9.84 Å². The first-order chi connectivity index (χ1) is 14.5. The second-order valence-corrected chi connectivity index (χ2v) is 6.46. The fourth-order valence-corrected chi connectivity index (χ4v) is 2.90. The van der Waals surface area contributed by atoms with Gasteiger partial charge in [0, 0.05) is 5.56 Å². The summed E-state index contributed by atoms with van der Waals surface area (Å²) in [5.74, 6) is -2.90. The van der Waals surface area contributed by atoms with Crippen LogP contribution in [0.15, 0.2) is 41.5 Å². The van der Waals surface area contributed by atoms with E-state index in [1.807, 2.05) is 6.07 Å². The van der Waals surface area contributed by atoms with Gasteiger partial charge in [0.05, 0.1) is 34.4 Å². The number of amides is 1. The van der Waals surface area contributed by atoms with Gasteiger partial charge < -0.3 is 4.74 Å². The van der Waals surface area contributed by atoms with Crippen molar-refractivity contribution in [2.75, 3.05) is 12.1 Å². The number of nitriles is 2. The molecule has 0 aromatic heterocycles. The summed E-state index contributed by atoms with van der Waals surface area (Å²) in [6.07, 6.45) is -4.79. The smallest absolute Gasteiger partial charge is 0.416 e. The molecule has 0 aliphatic carbocycles. The molecule has 0 spiro atoms. The standard InChI is InChI=1S/C19H9Cl2F3N4O3/c1-31-18(30)17(29)28(16-13(20)6-12(7-14(16)21)19(22,23)24)27-15(9-26)11-4-2-10(8-25)3-5-11/h2-7H,1H3. The maximum Gasteiger partial charge on any atom is 0.416 e. The van der Waals surface area contributed by atoms with Crippen LogP contribution < -0.4 is 5.01 Å². The minimum atomic E-state index is -4.79. The van der Waals surface area contributed by atoms with E-state index in [-0.39, 0.29) is 16.1 Å². The van der Waals surface area contributed by atoms with E-state index in [4.69, 9.17) is 28.5 Å². The van der Waals surface area contributed by atoms with E-state index in [9.17, 15) is 28.0 Å². The van der Waals surface area contributed by atoms with Crippen molar-refractivity contribution in [2.24, 2.45) is 5.10 Å². The predicted molar refractivity (Wildman–Crippen MR) is 104 cm³/mol. The van der Waals surface area contributed by atoms with Crippen molar-refractivity contribution in [3.8, 4) is 12.1 Å². The lowest BCUT2D eigenvalue weighted by Gasteiger charge is -2.20. The first kappa shape index (κ1) is 23.7. The highest BCUT2D eigenvalue weighted by Crippen LogP contribution is 2.40. The zero-order valence-corrected chi connectivity index (χ0v) is 16.9. The number of benzene rings is 2. The second-order valence-electron chi connectivity index (χ2n) is 5.64. The van der Waals surface area contributed by atoms with Crippen molar-refractivity contribution < 1.29 is 27.5 Å². The quantitative estimate of drug-likeness (QED) is 0.288. The van der Waals surface area contributed by atoms with Crippen LogP contribution in [0, 0.1) is 22.7 Å². The number of carbonyl (C=O) groups excluding carboxylic acids is 2. The van der Waals surface area contributed by atoms with Crippen LogP contribution in [0.3, 0.4) is 0 Å². The largest absolute Gasteiger partial charge is 0.462 e. The van der Waals surface area contributed by atoms with Gasteiger partial charge in [0.25, 0.3) is 0 Å². The first-order valence-corrected chi connectivity index (χ1v) is 8.77. The van der Waals surface area contributed by atoms with Gasteiger partial charge in [0.2, 0.25) is 0 Å². The SMILES string of the molecule is COC(=O)C(=O)N(N=C(C#N)c1ccc(C#N)cc1)c1c(Cl)cc(C(F)(F)F)cc1Cl. The molecule has 0 radical (unpaired) electrons. The van der Waals surface area contributed by atoms with Gasteiger partial charge in [0.1, 0.15) is 11.8 Å². The van der Waals surface area contributed by atoms with Gasteiger partial charge in [-0.05, 0) is 24.3 Å². The molecule has 0 unspecified atom stereocenters. The highest BCUT2D eigenvalue weighted by molar-refractivity contribution is 6.44. The number of carbonyl (C=O) groups is 2. The summed E-state index contributed by atoms with van der Waals surface area (Å²) in [6.45, 7) is 0. The molecule has 2 rings (SSSR count). The average Bonchev–Trinajstić information content (AvgIpc) is 2.73. The zero-order chi connectivity index (χ0) is 23.3. The Morgan fingerprint density at radius 1 is 1.10 bits per heavy atom.